The highest BCUT2D eigenvalue weighted by atomic mass is 35.5. The van der Waals surface area contributed by atoms with Crippen molar-refractivity contribution in [3.05, 3.63) is 41.4 Å². The number of carbonyl (C=O) groups is 3. The van der Waals surface area contributed by atoms with Crippen LogP contribution in [0.2, 0.25) is 5.02 Å². The van der Waals surface area contributed by atoms with Crippen LogP contribution in [0.25, 0.3) is 0 Å². The zero-order chi connectivity index (χ0) is 18.2. The monoisotopic (exact) mass is 370 g/mol. The Morgan fingerprint density at radius 3 is 2.12 bits per heavy atom. The van der Waals surface area contributed by atoms with Gasteiger partial charge in [0, 0.05) is 17.6 Å². The summed E-state index contributed by atoms with van der Waals surface area (Å²) in [7, 11) is 0. The minimum atomic E-state index is -0.236. The Morgan fingerprint density at radius 1 is 1.08 bits per heavy atom. The SMILES string of the molecule is CC(=O)N(CN1C(=O)[C@@H]2[C@H]3C=C[C@@H]([C@@H]4C[C@@H]34)[C@@H]2C1=O)c1ccc(Cl)cc1. The van der Waals surface area contributed by atoms with Gasteiger partial charge in [0.1, 0.15) is 6.67 Å². The second-order valence-electron chi connectivity index (χ2n) is 7.82. The predicted octanol–water partition coefficient (Wildman–Crippen LogP) is 2.70. The summed E-state index contributed by atoms with van der Waals surface area (Å²) in [5.41, 5.74) is 0.626. The van der Waals surface area contributed by atoms with Crippen LogP contribution in [0.3, 0.4) is 0 Å². The molecule has 1 aliphatic heterocycles. The summed E-state index contributed by atoms with van der Waals surface area (Å²) in [5, 5.41) is 0.568. The van der Waals surface area contributed by atoms with E-state index in [4.69, 9.17) is 11.6 Å². The number of hydrogen-bond acceptors (Lipinski definition) is 3. The Balaban J connectivity index is 1.44. The van der Waals surface area contributed by atoms with Gasteiger partial charge in [-0.15, -0.1) is 0 Å². The van der Waals surface area contributed by atoms with Crippen molar-refractivity contribution in [1.82, 2.24) is 4.90 Å². The number of hydrogen-bond donors (Lipinski definition) is 0. The van der Waals surface area contributed by atoms with Crippen LogP contribution in [-0.4, -0.2) is 29.3 Å². The molecule has 26 heavy (non-hydrogen) atoms. The molecule has 0 radical (unpaired) electrons. The molecule has 4 aliphatic carbocycles. The molecule has 1 aromatic carbocycles. The van der Waals surface area contributed by atoms with E-state index in [2.05, 4.69) is 12.2 Å². The highest BCUT2D eigenvalue weighted by molar-refractivity contribution is 6.30. The molecule has 2 bridgehead atoms. The maximum Gasteiger partial charge on any atom is 0.235 e. The van der Waals surface area contributed by atoms with E-state index in [1.807, 2.05) is 0 Å². The van der Waals surface area contributed by atoms with Gasteiger partial charge in [0.2, 0.25) is 17.7 Å². The fraction of sp³-hybridized carbons (Fsp3) is 0.450. The van der Waals surface area contributed by atoms with Crippen molar-refractivity contribution in [3.63, 3.8) is 0 Å². The van der Waals surface area contributed by atoms with Crippen molar-refractivity contribution in [1.29, 1.82) is 0 Å². The van der Waals surface area contributed by atoms with E-state index in [1.54, 1.807) is 24.3 Å². The average Bonchev–Trinajstić information content (AvgIpc) is 3.40. The molecule has 0 unspecified atom stereocenters. The van der Waals surface area contributed by atoms with Gasteiger partial charge in [0.15, 0.2) is 0 Å². The molecular weight excluding hydrogens is 352 g/mol. The third kappa shape index (κ3) is 2.13. The number of amides is 3. The van der Waals surface area contributed by atoms with Crippen LogP contribution >= 0.6 is 11.6 Å². The molecule has 5 nitrogen and oxygen atoms in total. The van der Waals surface area contributed by atoms with Gasteiger partial charge in [-0.05, 0) is 54.4 Å². The van der Waals surface area contributed by atoms with Crippen molar-refractivity contribution >= 4 is 35.0 Å². The Labute approximate surface area is 156 Å². The van der Waals surface area contributed by atoms with E-state index < -0.39 is 0 Å². The van der Waals surface area contributed by atoms with E-state index in [9.17, 15) is 14.4 Å². The summed E-state index contributed by atoms with van der Waals surface area (Å²) in [4.78, 5) is 41.0. The molecule has 0 spiro atoms. The van der Waals surface area contributed by atoms with Crippen LogP contribution < -0.4 is 4.90 Å². The zero-order valence-electron chi connectivity index (χ0n) is 14.3. The number of benzene rings is 1. The van der Waals surface area contributed by atoms with Gasteiger partial charge in [-0.3, -0.25) is 24.2 Å². The van der Waals surface area contributed by atoms with Crippen molar-refractivity contribution in [2.45, 2.75) is 13.3 Å². The number of rotatable bonds is 3. The van der Waals surface area contributed by atoms with Gasteiger partial charge in [0.25, 0.3) is 0 Å². The van der Waals surface area contributed by atoms with Gasteiger partial charge < -0.3 is 0 Å². The molecule has 1 aromatic rings. The van der Waals surface area contributed by atoms with Gasteiger partial charge in [-0.25, -0.2) is 0 Å². The first-order valence-electron chi connectivity index (χ1n) is 9.04. The summed E-state index contributed by atoms with van der Waals surface area (Å²) in [5.74, 6) is 0.601. The molecule has 0 N–H and O–H groups in total. The largest absolute Gasteiger partial charge is 0.294 e. The van der Waals surface area contributed by atoms with Gasteiger partial charge in [-0.2, -0.15) is 0 Å². The number of halogens is 1. The van der Waals surface area contributed by atoms with Crippen molar-refractivity contribution in [3.8, 4) is 0 Å². The van der Waals surface area contributed by atoms with Gasteiger partial charge in [0.05, 0.1) is 11.8 Å². The molecular formula is C20H19ClN2O3. The van der Waals surface area contributed by atoms with E-state index in [0.29, 0.717) is 22.5 Å². The maximum atomic E-state index is 13.1. The van der Waals surface area contributed by atoms with Crippen LogP contribution in [0.15, 0.2) is 36.4 Å². The quantitative estimate of drug-likeness (QED) is 0.607. The van der Waals surface area contributed by atoms with Crippen LogP contribution in [0.4, 0.5) is 5.69 Å². The fourth-order valence-corrected chi connectivity index (χ4v) is 5.41. The standard InChI is InChI=1S/C20H19ClN2O3/c1-10(24)22(12-4-2-11(21)3-5-12)9-23-19(25)17-13-6-7-14(16-8-15(13)16)18(17)20(23)26/h2-7,13-18H,8-9H2,1H3/t13-,14-,15-,16-,17-,18+/m0/s1. The second-order valence-corrected chi connectivity index (χ2v) is 8.26. The second kappa shape index (κ2) is 5.43. The normalized spacial score (nSPS) is 36.2. The molecule has 6 atom stereocenters. The Bertz CT molecular complexity index is 813. The minimum Gasteiger partial charge on any atom is -0.294 e. The number of anilines is 1. The molecule has 1 heterocycles. The average molecular weight is 371 g/mol. The summed E-state index contributed by atoms with van der Waals surface area (Å²) >= 11 is 5.92. The Kier molecular flexibility index (Phi) is 3.35. The lowest BCUT2D eigenvalue weighted by Gasteiger charge is -2.37. The smallest absolute Gasteiger partial charge is 0.235 e. The van der Waals surface area contributed by atoms with Gasteiger partial charge >= 0.3 is 0 Å². The minimum absolute atomic E-state index is 0.0313. The van der Waals surface area contributed by atoms with Crippen LogP contribution in [0, 0.1) is 35.5 Å². The highest BCUT2D eigenvalue weighted by Crippen LogP contribution is 2.65. The number of imide groups is 1. The van der Waals surface area contributed by atoms with E-state index in [0.717, 1.165) is 6.42 Å². The third-order valence-electron chi connectivity index (χ3n) is 6.56. The molecule has 134 valence electrons. The van der Waals surface area contributed by atoms with E-state index in [-0.39, 0.29) is 48.1 Å². The van der Waals surface area contributed by atoms with Crippen LogP contribution in [0.5, 0.6) is 0 Å². The summed E-state index contributed by atoms with van der Waals surface area (Å²) in [6.45, 7) is 1.41. The Morgan fingerprint density at radius 2 is 1.62 bits per heavy atom. The number of likely N-dealkylation sites (tertiary alicyclic amines) is 1. The lowest BCUT2D eigenvalue weighted by atomic mass is 9.63. The first-order valence-corrected chi connectivity index (χ1v) is 9.42. The Hall–Kier alpha value is -2.14. The van der Waals surface area contributed by atoms with Crippen molar-refractivity contribution in [2.75, 3.05) is 11.6 Å². The molecule has 3 fully saturated rings. The summed E-state index contributed by atoms with van der Waals surface area (Å²) < 4.78 is 0. The predicted molar refractivity (Wildman–Crippen MR) is 96.0 cm³/mol. The summed E-state index contributed by atoms with van der Waals surface area (Å²) in [6, 6.07) is 6.83. The molecule has 5 aliphatic rings. The lowest BCUT2D eigenvalue weighted by Crippen LogP contribution is -2.44. The van der Waals surface area contributed by atoms with Gasteiger partial charge in [-0.1, -0.05) is 23.8 Å². The molecule has 0 aromatic heterocycles. The van der Waals surface area contributed by atoms with Crippen molar-refractivity contribution < 1.29 is 14.4 Å². The first-order chi connectivity index (χ1) is 12.5. The first kappa shape index (κ1) is 16.1. The van der Waals surface area contributed by atoms with E-state index in [1.165, 1.54) is 16.7 Å². The number of nitrogens with zero attached hydrogens (tertiary/aromatic N) is 2. The fourth-order valence-electron chi connectivity index (χ4n) is 5.28. The lowest BCUT2D eigenvalue weighted by molar-refractivity contribution is -0.140. The molecule has 2 saturated carbocycles. The zero-order valence-corrected chi connectivity index (χ0v) is 15.1. The van der Waals surface area contributed by atoms with Crippen LogP contribution in [0.1, 0.15) is 13.3 Å². The molecule has 6 rings (SSSR count). The molecule has 1 saturated heterocycles. The number of allylic oxidation sites excluding steroid dienone is 2. The van der Waals surface area contributed by atoms with Crippen molar-refractivity contribution in [2.24, 2.45) is 35.5 Å². The van der Waals surface area contributed by atoms with E-state index >= 15 is 0 Å². The maximum absolute atomic E-state index is 13.1. The van der Waals surface area contributed by atoms with Crippen LogP contribution in [-0.2, 0) is 14.4 Å². The summed E-state index contributed by atoms with van der Waals surface area (Å²) in [6.07, 6.45) is 5.44. The third-order valence-corrected chi connectivity index (χ3v) is 6.81. The highest BCUT2D eigenvalue weighted by Gasteiger charge is 2.67. The number of carbonyl (C=O) groups excluding carboxylic acids is 3. The molecule has 3 amide bonds. The molecule has 6 heteroatoms. The topological polar surface area (TPSA) is 57.7 Å².